The Morgan fingerprint density at radius 2 is 1.56 bits per heavy atom. The number of thioether (sulfide) groups is 1. The van der Waals surface area contributed by atoms with E-state index >= 15 is 0 Å². The van der Waals surface area contributed by atoms with Crippen LogP contribution in [0.15, 0.2) is 107 Å². The highest BCUT2D eigenvalue weighted by Gasteiger charge is 2.33. The van der Waals surface area contributed by atoms with Gasteiger partial charge in [0.15, 0.2) is 16.7 Å². The highest BCUT2D eigenvalue weighted by atomic mass is 127. The number of hydrogen-bond acceptors (Lipinski definition) is 5. The molecular weight excluding hydrogens is 643 g/mol. The van der Waals surface area contributed by atoms with Gasteiger partial charge in [0.05, 0.1) is 28.2 Å². The molecule has 5 rings (SSSR count). The molecule has 1 amide bonds. The van der Waals surface area contributed by atoms with Crippen molar-refractivity contribution in [3.8, 4) is 11.5 Å². The molecule has 5 nitrogen and oxygen atoms in total. The molecule has 0 bridgehead atoms. The number of benzene rings is 4. The highest BCUT2D eigenvalue weighted by molar-refractivity contribution is 14.1. The quantitative estimate of drug-likeness (QED) is 0.126. The van der Waals surface area contributed by atoms with Crippen molar-refractivity contribution < 1.29 is 14.3 Å². The molecule has 4 aromatic carbocycles. The van der Waals surface area contributed by atoms with E-state index in [1.54, 1.807) is 4.90 Å². The summed E-state index contributed by atoms with van der Waals surface area (Å²) in [6, 6.07) is 32.4. The summed E-state index contributed by atoms with van der Waals surface area (Å²) in [5, 5.41) is 0.701. The van der Waals surface area contributed by atoms with Crippen LogP contribution in [0.1, 0.15) is 34.7 Å². The minimum absolute atomic E-state index is 0.0571. The summed E-state index contributed by atoms with van der Waals surface area (Å²) in [6.07, 6.45) is 1.92. The number of halogens is 1. The smallest absolute Gasteiger partial charge is 0.267 e. The molecule has 1 heterocycles. The lowest BCUT2D eigenvalue weighted by molar-refractivity contribution is -0.122. The molecule has 1 aliphatic rings. The Bertz CT molecular complexity index is 1550. The number of hydrogen-bond donors (Lipinski definition) is 0. The van der Waals surface area contributed by atoms with Gasteiger partial charge >= 0.3 is 0 Å². The van der Waals surface area contributed by atoms with Crippen LogP contribution in [-0.4, -0.2) is 22.6 Å². The van der Waals surface area contributed by atoms with E-state index in [1.165, 1.54) is 17.3 Å². The number of amides is 1. The molecule has 0 spiro atoms. The number of aliphatic imine (C=N–C) groups is 1. The second-order valence-electron chi connectivity index (χ2n) is 9.61. The first-order valence-electron chi connectivity index (χ1n) is 13.5. The first-order chi connectivity index (χ1) is 20.0. The van der Waals surface area contributed by atoms with Gasteiger partial charge in [0, 0.05) is 0 Å². The van der Waals surface area contributed by atoms with Gasteiger partial charge in [-0.2, -0.15) is 0 Å². The molecular formula is C34H31IN2O3S. The monoisotopic (exact) mass is 674 g/mol. The topological polar surface area (TPSA) is 51.1 Å². The predicted molar refractivity (Wildman–Crippen MR) is 176 cm³/mol. The van der Waals surface area contributed by atoms with E-state index in [0.29, 0.717) is 47.9 Å². The summed E-state index contributed by atoms with van der Waals surface area (Å²) >= 11 is 3.69. The van der Waals surface area contributed by atoms with E-state index in [-0.39, 0.29) is 5.91 Å². The van der Waals surface area contributed by atoms with Gasteiger partial charge in [-0.15, -0.1) is 0 Å². The molecule has 208 valence electrons. The van der Waals surface area contributed by atoms with E-state index < -0.39 is 0 Å². The van der Waals surface area contributed by atoms with Gasteiger partial charge < -0.3 is 9.47 Å². The minimum atomic E-state index is -0.0571. The average molecular weight is 675 g/mol. The first kappa shape index (κ1) is 29.0. The Hall–Kier alpha value is -3.56. The Morgan fingerprint density at radius 1 is 0.878 bits per heavy atom. The van der Waals surface area contributed by atoms with Crippen molar-refractivity contribution in [2.24, 2.45) is 4.99 Å². The number of carbonyl (C=O) groups excluding carboxylic acids is 1. The molecule has 1 aliphatic heterocycles. The predicted octanol–water partition coefficient (Wildman–Crippen LogP) is 8.25. The number of ether oxygens (including phenoxy) is 2. The van der Waals surface area contributed by atoms with Crippen LogP contribution in [0.2, 0.25) is 0 Å². The van der Waals surface area contributed by atoms with Crippen LogP contribution in [-0.2, 0) is 24.5 Å². The number of aryl methyl sites for hydroxylation is 1. The minimum Gasteiger partial charge on any atom is -0.490 e. The molecule has 0 aromatic heterocycles. The molecule has 0 saturated carbocycles. The molecule has 41 heavy (non-hydrogen) atoms. The van der Waals surface area contributed by atoms with Crippen LogP contribution in [0.4, 0.5) is 0 Å². The largest absolute Gasteiger partial charge is 0.490 e. The van der Waals surface area contributed by atoms with Crippen LogP contribution in [0.25, 0.3) is 6.08 Å². The van der Waals surface area contributed by atoms with Crippen molar-refractivity contribution in [3.63, 3.8) is 0 Å². The Kier molecular flexibility index (Phi) is 9.80. The van der Waals surface area contributed by atoms with E-state index in [0.717, 1.165) is 25.8 Å². The van der Waals surface area contributed by atoms with Gasteiger partial charge in [-0.1, -0.05) is 90.5 Å². The Balaban J connectivity index is 1.42. The van der Waals surface area contributed by atoms with Crippen molar-refractivity contribution >= 4 is 51.5 Å². The van der Waals surface area contributed by atoms with E-state index in [2.05, 4.69) is 53.8 Å². The summed E-state index contributed by atoms with van der Waals surface area (Å²) < 4.78 is 13.1. The molecule has 1 saturated heterocycles. The summed E-state index contributed by atoms with van der Waals surface area (Å²) in [7, 11) is 0. The van der Waals surface area contributed by atoms with Crippen molar-refractivity contribution in [2.75, 3.05) is 6.61 Å². The standard InChI is InChI=1S/C34H31IN2O3S/c1-3-39-30-19-28(18-29(35)32(30)40-23-27-16-14-24(2)15-17-27)20-31-33(38)37(22-26-12-8-5-9-13-26)34(41-31)36-21-25-10-6-4-7-11-25/h4-20H,3,21-23H2,1-2H3/b31-20-,36-34?. The normalized spacial score (nSPS) is 15.1. The van der Waals surface area contributed by atoms with Gasteiger partial charge in [0.25, 0.3) is 5.91 Å². The van der Waals surface area contributed by atoms with Crippen molar-refractivity contribution in [1.82, 2.24) is 4.90 Å². The number of nitrogens with zero attached hydrogens (tertiary/aromatic N) is 2. The molecule has 0 N–H and O–H groups in total. The number of amidine groups is 1. The third-order valence-corrected chi connectivity index (χ3v) is 8.29. The van der Waals surface area contributed by atoms with Gasteiger partial charge in [-0.3, -0.25) is 14.7 Å². The van der Waals surface area contributed by atoms with Crippen LogP contribution < -0.4 is 9.47 Å². The van der Waals surface area contributed by atoms with Crippen molar-refractivity contribution in [1.29, 1.82) is 0 Å². The fourth-order valence-corrected chi connectivity index (χ4v) is 6.10. The maximum atomic E-state index is 13.7. The molecule has 0 aliphatic carbocycles. The molecule has 0 atom stereocenters. The van der Waals surface area contributed by atoms with Crippen LogP contribution in [0.5, 0.6) is 11.5 Å². The Labute approximate surface area is 259 Å². The number of rotatable bonds is 10. The van der Waals surface area contributed by atoms with Crippen molar-refractivity contribution in [3.05, 3.63) is 133 Å². The second-order valence-corrected chi connectivity index (χ2v) is 11.8. The summed E-state index contributed by atoms with van der Waals surface area (Å²) in [4.78, 5) is 20.9. The van der Waals surface area contributed by atoms with Crippen LogP contribution >= 0.6 is 34.4 Å². The summed E-state index contributed by atoms with van der Waals surface area (Å²) in [5.41, 5.74) is 5.33. The fraction of sp³-hybridized carbons (Fsp3) is 0.176. The summed E-state index contributed by atoms with van der Waals surface area (Å²) in [5.74, 6) is 1.31. The molecule has 0 radical (unpaired) electrons. The third-order valence-electron chi connectivity index (χ3n) is 6.44. The maximum absolute atomic E-state index is 13.7. The van der Waals surface area contributed by atoms with Crippen LogP contribution in [0, 0.1) is 10.5 Å². The highest BCUT2D eigenvalue weighted by Crippen LogP contribution is 2.38. The van der Waals surface area contributed by atoms with E-state index in [4.69, 9.17) is 14.5 Å². The Morgan fingerprint density at radius 3 is 2.24 bits per heavy atom. The lowest BCUT2D eigenvalue weighted by Crippen LogP contribution is -2.28. The maximum Gasteiger partial charge on any atom is 0.267 e. The van der Waals surface area contributed by atoms with Crippen LogP contribution in [0.3, 0.4) is 0 Å². The molecule has 4 aromatic rings. The van der Waals surface area contributed by atoms with Crippen molar-refractivity contribution in [2.45, 2.75) is 33.5 Å². The van der Waals surface area contributed by atoms with Gasteiger partial charge in [-0.25, -0.2) is 0 Å². The molecule has 1 fully saturated rings. The first-order valence-corrected chi connectivity index (χ1v) is 15.4. The fourth-order valence-electron chi connectivity index (χ4n) is 4.34. The zero-order valence-corrected chi connectivity index (χ0v) is 26.0. The SMILES string of the molecule is CCOc1cc(/C=C2\SC(=NCc3ccccc3)N(Cc3ccccc3)C2=O)cc(I)c1OCc1ccc(C)cc1. The number of carbonyl (C=O) groups is 1. The van der Waals surface area contributed by atoms with Gasteiger partial charge in [0.1, 0.15) is 6.61 Å². The van der Waals surface area contributed by atoms with E-state index in [9.17, 15) is 4.79 Å². The third kappa shape index (κ3) is 7.59. The van der Waals surface area contributed by atoms with E-state index in [1.807, 2.05) is 85.8 Å². The zero-order chi connectivity index (χ0) is 28.6. The van der Waals surface area contributed by atoms with Gasteiger partial charge in [0.2, 0.25) is 0 Å². The zero-order valence-electron chi connectivity index (χ0n) is 23.0. The molecule has 0 unspecified atom stereocenters. The lowest BCUT2D eigenvalue weighted by atomic mass is 10.1. The van der Waals surface area contributed by atoms with Gasteiger partial charge in [-0.05, 0) is 88.7 Å². The summed E-state index contributed by atoms with van der Waals surface area (Å²) in [6.45, 7) is 5.95. The average Bonchev–Trinajstić information content (AvgIpc) is 3.27. The molecule has 7 heteroatoms. The lowest BCUT2D eigenvalue weighted by Gasteiger charge is -2.16. The second kappa shape index (κ2) is 13.9.